The van der Waals surface area contributed by atoms with Crippen LogP contribution in [0.5, 0.6) is 0 Å². The molecule has 3 rings (SSSR count). The van der Waals surface area contributed by atoms with E-state index >= 15 is 0 Å². The highest BCUT2D eigenvalue weighted by Gasteiger charge is 2.33. The van der Waals surface area contributed by atoms with Gasteiger partial charge >= 0.3 is 12.1 Å². The Bertz CT molecular complexity index is 759. The fourth-order valence-corrected chi connectivity index (χ4v) is 3.97. The molecule has 2 aromatic rings. The molecule has 0 bridgehead atoms. The molecule has 6 heteroatoms. The summed E-state index contributed by atoms with van der Waals surface area (Å²) in [6.45, 7) is 1.34. The van der Waals surface area contributed by atoms with Gasteiger partial charge in [-0.3, -0.25) is 9.69 Å². The highest BCUT2D eigenvalue weighted by molar-refractivity contribution is 5.69. The minimum absolute atomic E-state index is 0.00891. The van der Waals surface area contributed by atoms with E-state index in [0.717, 1.165) is 42.6 Å². The Kier molecular flexibility index (Phi) is 5.85. The maximum absolute atomic E-state index is 12.9. The van der Waals surface area contributed by atoms with Crippen molar-refractivity contribution in [2.24, 2.45) is 5.92 Å². The summed E-state index contributed by atoms with van der Waals surface area (Å²) in [6.07, 6.45) is -2.57. The van der Waals surface area contributed by atoms with Crippen LogP contribution in [0.4, 0.5) is 13.2 Å². The maximum atomic E-state index is 12.9. The van der Waals surface area contributed by atoms with Gasteiger partial charge in [0, 0.05) is 12.5 Å². The lowest BCUT2D eigenvalue weighted by molar-refractivity contribution is -0.139. The molecule has 1 aliphatic heterocycles. The average Bonchev–Trinajstić information content (AvgIpc) is 2.62. The summed E-state index contributed by atoms with van der Waals surface area (Å²) in [7, 11) is 0. The van der Waals surface area contributed by atoms with Crippen LogP contribution in [0, 0.1) is 5.92 Å². The largest absolute Gasteiger partial charge is 0.480 e. The number of nitrogens with zero attached hydrogens (tertiary/aromatic N) is 1. The minimum atomic E-state index is -4.36. The molecule has 1 aliphatic rings. The third-order valence-corrected chi connectivity index (χ3v) is 5.13. The summed E-state index contributed by atoms with van der Waals surface area (Å²) in [5, 5.41) is 9.08. The fourth-order valence-electron chi connectivity index (χ4n) is 3.97. The van der Waals surface area contributed by atoms with Gasteiger partial charge in [-0.15, -0.1) is 0 Å². The van der Waals surface area contributed by atoms with Crippen molar-refractivity contribution < 1.29 is 23.1 Å². The third-order valence-electron chi connectivity index (χ3n) is 5.13. The second kappa shape index (κ2) is 8.13. The Hall–Kier alpha value is -2.34. The molecule has 0 aliphatic carbocycles. The van der Waals surface area contributed by atoms with Gasteiger partial charge in [0.2, 0.25) is 0 Å². The van der Waals surface area contributed by atoms with Crippen molar-refractivity contribution >= 4 is 5.97 Å². The first kappa shape index (κ1) is 19.4. The number of aliphatic carboxylic acids is 1. The molecule has 2 atom stereocenters. The Balaban J connectivity index is 1.91. The molecular formula is C21H22F3NO2. The van der Waals surface area contributed by atoms with Crippen LogP contribution in [0.25, 0.3) is 0 Å². The van der Waals surface area contributed by atoms with Gasteiger partial charge in [0.15, 0.2) is 0 Å². The summed E-state index contributed by atoms with van der Waals surface area (Å²) >= 11 is 0. The number of carboxylic acid groups (broad SMARTS) is 1. The van der Waals surface area contributed by atoms with E-state index in [0.29, 0.717) is 6.54 Å². The van der Waals surface area contributed by atoms with E-state index < -0.39 is 17.7 Å². The van der Waals surface area contributed by atoms with E-state index in [9.17, 15) is 18.0 Å². The molecule has 1 fully saturated rings. The van der Waals surface area contributed by atoms with E-state index in [1.54, 1.807) is 12.1 Å². The van der Waals surface area contributed by atoms with Gasteiger partial charge < -0.3 is 5.11 Å². The van der Waals surface area contributed by atoms with E-state index in [4.69, 9.17) is 5.11 Å². The van der Waals surface area contributed by atoms with E-state index in [-0.39, 0.29) is 18.4 Å². The summed E-state index contributed by atoms with van der Waals surface area (Å²) in [4.78, 5) is 13.0. The number of piperidine rings is 1. The predicted octanol–water partition coefficient (Wildman–Crippen LogP) is 4.63. The van der Waals surface area contributed by atoms with Crippen molar-refractivity contribution in [1.82, 2.24) is 4.90 Å². The lowest BCUT2D eigenvalue weighted by atomic mass is 9.77. The number of rotatable bonds is 5. The van der Waals surface area contributed by atoms with Gasteiger partial charge in [-0.2, -0.15) is 13.2 Å². The topological polar surface area (TPSA) is 40.5 Å². The van der Waals surface area contributed by atoms with Crippen LogP contribution >= 0.6 is 0 Å². The van der Waals surface area contributed by atoms with E-state index in [2.05, 4.69) is 0 Å². The lowest BCUT2D eigenvalue weighted by Crippen LogP contribution is -2.40. The average molecular weight is 377 g/mol. The summed E-state index contributed by atoms with van der Waals surface area (Å²) < 4.78 is 38.7. The third kappa shape index (κ3) is 4.89. The molecule has 3 nitrogen and oxygen atoms in total. The number of carbonyl (C=O) groups is 1. The van der Waals surface area contributed by atoms with Crippen LogP contribution in [0.1, 0.15) is 35.4 Å². The Morgan fingerprint density at radius 3 is 2.30 bits per heavy atom. The van der Waals surface area contributed by atoms with Crippen LogP contribution in [0.3, 0.4) is 0 Å². The number of benzene rings is 2. The second-order valence-electron chi connectivity index (χ2n) is 7.04. The zero-order chi connectivity index (χ0) is 19.4. The standard InChI is InChI=1S/C21H22F3NO2/c22-21(23,24)18-10-8-16(9-11-18)20(15-5-2-1-3-6-15)17-7-4-12-25(13-17)14-19(26)27/h1-3,5-6,8-11,17,20H,4,7,12-14H2,(H,26,27). The molecule has 27 heavy (non-hydrogen) atoms. The van der Waals surface area contributed by atoms with Gasteiger partial charge in [0.05, 0.1) is 12.1 Å². The van der Waals surface area contributed by atoms with E-state index in [1.165, 1.54) is 0 Å². The number of alkyl halides is 3. The monoisotopic (exact) mass is 377 g/mol. The van der Waals surface area contributed by atoms with Crippen molar-refractivity contribution in [1.29, 1.82) is 0 Å². The first-order valence-electron chi connectivity index (χ1n) is 9.01. The SMILES string of the molecule is O=C(O)CN1CCCC(C(c2ccccc2)c2ccc(C(F)(F)F)cc2)C1. The van der Waals surface area contributed by atoms with E-state index in [1.807, 2.05) is 35.2 Å². The quantitative estimate of drug-likeness (QED) is 0.826. The molecule has 1 N–H and O–H groups in total. The highest BCUT2D eigenvalue weighted by Crippen LogP contribution is 2.38. The highest BCUT2D eigenvalue weighted by atomic mass is 19.4. The first-order chi connectivity index (χ1) is 12.8. The van der Waals surface area contributed by atoms with Gasteiger partial charge in [-0.25, -0.2) is 0 Å². The van der Waals surface area contributed by atoms with Crippen LogP contribution in [-0.4, -0.2) is 35.6 Å². The molecule has 0 saturated carbocycles. The summed E-state index contributed by atoms with van der Waals surface area (Å²) in [6, 6.07) is 15.1. The van der Waals surface area contributed by atoms with Crippen molar-refractivity contribution in [3.63, 3.8) is 0 Å². The summed E-state index contributed by atoms with van der Waals surface area (Å²) in [5.41, 5.74) is 1.21. The molecular weight excluding hydrogens is 355 g/mol. The fraction of sp³-hybridized carbons (Fsp3) is 0.381. The molecule has 2 unspecified atom stereocenters. The van der Waals surface area contributed by atoms with Crippen molar-refractivity contribution in [2.45, 2.75) is 24.9 Å². The zero-order valence-electron chi connectivity index (χ0n) is 14.8. The van der Waals surface area contributed by atoms with Crippen molar-refractivity contribution in [2.75, 3.05) is 19.6 Å². The molecule has 0 aromatic heterocycles. The number of halogens is 3. The number of carboxylic acids is 1. The molecule has 144 valence electrons. The van der Waals surface area contributed by atoms with Gasteiger partial charge in [-0.05, 0) is 48.6 Å². The van der Waals surface area contributed by atoms with Gasteiger partial charge in [0.25, 0.3) is 0 Å². The number of hydrogen-bond acceptors (Lipinski definition) is 2. The smallest absolute Gasteiger partial charge is 0.416 e. The molecule has 1 heterocycles. The predicted molar refractivity (Wildman–Crippen MR) is 96.5 cm³/mol. The van der Waals surface area contributed by atoms with Crippen molar-refractivity contribution in [3.05, 3.63) is 71.3 Å². The number of hydrogen-bond donors (Lipinski definition) is 1. The maximum Gasteiger partial charge on any atom is 0.416 e. The Morgan fingerprint density at radius 2 is 1.70 bits per heavy atom. The molecule has 1 saturated heterocycles. The van der Waals surface area contributed by atoms with Crippen LogP contribution in [-0.2, 0) is 11.0 Å². The second-order valence-corrected chi connectivity index (χ2v) is 7.04. The normalized spacial score (nSPS) is 19.6. The molecule has 0 amide bonds. The van der Waals surface area contributed by atoms with Crippen LogP contribution < -0.4 is 0 Å². The molecule has 0 radical (unpaired) electrons. The van der Waals surface area contributed by atoms with Crippen LogP contribution in [0.2, 0.25) is 0 Å². The van der Waals surface area contributed by atoms with Crippen LogP contribution in [0.15, 0.2) is 54.6 Å². The van der Waals surface area contributed by atoms with Gasteiger partial charge in [-0.1, -0.05) is 42.5 Å². The van der Waals surface area contributed by atoms with Crippen molar-refractivity contribution in [3.8, 4) is 0 Å². The summed E-state index contributed by atoms with van der Waals surface area (Å²) in [5.74, 6) is -0.774. The molecule has 2 aromatic carbocycles. The Morgan fingerprint density at radius 1 is 1.07 bits per heavy atom. The molecule has 0 spiro atoms. The minimum Gasteiger partial charge on any atom is -0.480 e. The van der Waals surface area contributed by atoms with Gasteiger partial charge in [0.1, 0.15) is 0 Å². The zero-order valence-corrected chi connectivity index (χ0v) is 14.8. The first-order valence-corrected chi connectivity index (χ1v) is 9.01. The number of likely N-dealkylation sites (tertiary alicyclic amines) is 1. The Labute approximate surface area is 156 Å². The lowest BCUT2D eigenvalue weighted by Gasteiger charge is -2.37.